The zero-order valence-corrected chi connectivity index (χ0v) is 35.8. The Hall–Kier alpha value is -1.68. The minimum absolute atomic E-state index is 0.0848. The van der Waals surface area contributed by atoms with Gasteiger partial charge in [0.1, 0.15) is 36.6 Å². The summed E-state index contributed by atoms with van der Waals surface area (Å²) in [6.07, 6.45) is 15.7. The molecule has 0 aromatic rings. The van der Waals surface area contributed by atoms with Crippen molar-refractivity contribution in [3.8, 4) is 0 Å². The Morgan fingerprint density at radius 2 is 1.28 bits per heavy atom. The van der Waals surface area contributed by atoms with Crippen molar-refractivity contribution in [2.24, 2.45) is 0 Å². The van der Waals surface area contributed by atoms with Crippen LogP contribution in [0, 0.1) is 0 Å². The van der Waals surface area contributed by atoms with Gasteiger partial charge in [0.15, 0.2) is 6.29 Å². The van der Waals surface area contributed by atoms with Crippen molar-refractivity contribution in [3.63, 3.8) is 0 Å². The Labute approximate surface area is 347 Å². The average molecular weight is 827 g/mol. The normalized spacial score (nSPS) is 31.6. The minimum Gasteiger partial charge on any atom is -0.460 e. The molecule has 0 aromatic heterocycles. The lowest BCUT2D eigenvalue weighted by Gasteiger charge is -2.41. The third-order valence-corrected chi connectivity index (χ3v) is 12.5. The average Bonchev–Trinajstić information content (AvgIpc) is 3.96. The third kappa shape index (κ3) is 16.3. The fourth-order valence-electron chi connectivity index (χ4n) is 9.10. The van der Waals surface area contributed by atoms with Gasteiger partial charge in [-0.15, -0.1) is 0 Å². The Kier molecular flexibility index (Phi) is 22.5. The molecule has 0 spiro atoms. The molecule has 0 radical (unpaired) electrons. The number of carbonyl (C=O) groups is 2. The topological polar surface area (TPSA) is 191 Å². The number of hydrogen-bond acceptors (Lipinski definition) is 13. The molecule has 0 saturated carbocycles. The highest BCUT2D eigenvalue weighted by atomic mass is 16.7. The molecule has 3 fully saturated rings. The highest BCUT2D eigenvalue weighted by Gasteiger charge is 2.47. The molecule has 4 heterocycles. The summed E-state index contributed by atoms with van der Waals surface area (Å²) in [5.74, 6) is -0.453. The predicted molar refractivity (Wildman–Crippen MR) is 218 cm³/mol. The van der Waals surface area contributed by atoms with Crippen molar-refractivity contribution >= 4 is 11.9 Å². The number of cyclic esters (lactones) is 1. The zero-order valence-electron chi connectivity index (χ0n) is 35.8. The molecule has 4 rings (SSSR count). The molecule has 13 nitrogen and oxygen atoms in total. The second kappa shape index (κ2) is 26.6. The van der Waals surface area contributed by atoms with Gasteiger partial charge in [0.2, 0.25) is 0 Å². The van der Waals surface area contributed by atoms with Crippen molar-refractivity contribution in [2.75, 3.05) is 6.61 Å². The fraction of sp³-hybridized carbons (Fsp3) is 0.911. The summed E-state index contributed by atoms with van der Waals surface area (Å²) < 4.78 is 36.1. The van der Waals surface area contributed by atoms with Gasteiger partial charge in [0, 0.05) is 12.5 Å². The van der Waals surface area contributed by atoms with E-state index in [2.05, 4.69) is 6.92 Å². The van der Waals surface area contributed by atoms with Gasteiger partial charge < -0.3 is 54.0 Å². The zero-order chi connectivity index (χ0) is 41.9. The van der Waals surface area contributed by atoms with Crippen molar-refractivity contribution in [3.05, 3.63) is 11.6 Å². The number of carbonyl (C=O) groups excluding carboxylic acids is 2. The summed E-state index contributed by atoms with van der Waals surface area (Å²) in [5.41, 5.74) is 0.834. The van der Waals surface area contributed by atoms with Crippen LogP contribution in [0.2, 0.25) is 0 Å². The lowest BCUT2D eigenvalue weighted by Crippen LogP contribution is -2.60. The van der Waals surface area contributed by atoms with Crippen molar-refractivity contribution in [1.29, 1.82) is 0 Å². The fourth-order valence-corrected chi connectivity index (χ4v) is 9.10. The second-order valence-corrected chi connectivity index (χ2v) is 17.4. The molecule has 58 heavy (non-hydrogen) atoms. The number of ether oxygens (including phenoxy) is 6. The van der Waals surface area contributed by atoms with Crippen LogP contribution in [0.3, 0.4) is 0 Å². The first-order valence-electron chi connectivity index (χ1n) is 23.0. The number of rotatable bonds is 29. The van der Waals surface area contributed by atoms with E-state index in [1.54, 1.807) is 0 Å². The Balaban J connectivity index is 1.18. The van der Waals surface area contributed by atoms with E-state index in [1.165, 1.54) is 39.0 Å². The lowest BCUT2D eigenvalue weighted by molar-refractivity contribution is -0.318. The van der Waals surface area contributed by atoms with E-state index in [9.17, 15) is 35.1 Å². The first-order chi connectivity index (χ1) is 28.0. The minimum atomic E-state index is -1.54. The van der Waals surface area contributed by atoms with E-state index < -0.39 is 49.5 Å². The monoisotopic (exact) mass is 827 g/mol. The quantitative estimate of drug-likeness (QED) is 0.0421. The molecular formula is C45H78O13. The molecule has 13 heteroatoms. The van der Waals surface area contributed by atoms with E-state index in [4.69, 9.17) is 28.4 Å². The maximum atomic E-state index is 12.1. The predicted octanol–water partition coefficient (Wildman–Crippen LogP) is 6.25. The molecule has 3 saturated heterocycles. The molecule has 13 atom stereocenters. The first kappa shape index (κ1) is 49.0. The highest BCUT2D eigenvalue weighted by molar-refractivity contribution is 5.90. The molecule has 0 bridgehead atoms. The molecule has 336 valence electrons. The molecule has 4 aliphatic rings. The van der Waals surface area contributed by atoms with Gasteiger partial charge in [-0.2, -0.15) is 0 Å². The van der Waals surface area contributed by atoms with Crippen LogP contribution >= 0.6 is 0 Å². The molecular weight excluding hydrogens is 748 g/mol. The Morgan fingerprint density at radius 1 is 0.724 bits per heavy atom. The molecule has 0 aliphatic carbocycles. The third-order valence-electron chi connectivity index (χ3n) is 12.5. The van der Waals surface area contributed by atoms with E-state index in [-0.39, 0.29) is 48.6 Å². The van der Waals surface area contributed by atoms with Gasteiger partial charge in [-0.1, -0.05) is 84.0 Å². The van der Waals surface area contributed by atoms with Gasteiger partial charge in [-0.25, -0.2) is 4.79 Å². The maximum Gasteiger partial charge on any atom is 0.334 e. The lowest BCUT2D eigenvalue weighted by atomic mass is 9.98. The van der Waals surface area contributed by atoms with Gasteiger partial charge >= 0.3 is 11.9 Å². The van der Waals surface area contributed by atoms with Gasteiger partial charge in [0.25, 0.3) is 0 Å². The van der Waals surface area contributed by atoms with E-state index in [0.717, 1.165) is 102 Å². The van der Waals surface area contributed by atoms with Crippen molar-refractivity contribution in [2.45, 2.75) is 254 Å². The van der Waals surface area contributed by atoms with Crippen LogP contribution in [-0.4, -0.2) is 124 Å². The summed E-state index contributed by atoms with van der Waals surface area (Å²) >= 11 is 0. The number of aliphatic hydroxyl groups excluding tert-OH is 5. The highest BCUT2D eigenvalue weighted by Crippen LogP contribution is 2.37. The Morgan fingerprint density at radius 3 is 1.86 bits per heavy atom. The summed E-state index contributed by atoms with van der Waals surface area (Å²) in [6, 6.07) is 0. The Bertz CT molecular complexity index is 1200. The van der Waals surface area contributed by atoms with Crippen molar-refractivity contribution in [1.82, 2.24) is 0 Å². The van der Waals surface area contributed by atoms with Crippen LogP contribution in [-0.2, 0) is 38.0 Å². The van der Waals surface area contributed by atoms with Crippen LogP contribution in [0.4, 0.5) is 0 Å². The van der Waals surface area contributed by atoms with Crippen LogP contribution in [0.5, 0.6) is 0 Å². The molecule has 0 aromatic carbocycles. The van der Waals surface area contributed by atoms with Gasteiger partial charge in [-0.3, -0.25) is 4.79 Å². The maximum absolute atomic E-state index is 12.1. The smallest absolute Gasteiger partial charge is 0.334 e. The number of esters is 2. The standard InChI is InChI=1S/C45H78O13/c1-4-5-6-16-20-33(48)21-18-23-35(57-45-43(51)42(50)41(49)40(29-46)58-45)37-25-27-39(56-37)38-26-24-36(55-38)34(54-31(3)47)22-17-14-12-10-8-7-9-11-13-15-19-32-28-30(2)53-44(32)52/h28,30,33-43,45-46,48-51H,4-27,29H2,1-3H3/t30-,33-,34+,35-,36+,37+,38+,39+,40+,41+,42-,43+,45+/m0/s1. The summed E-state index contributed by atoms with van der Waals surface area (Å²) in [5, 5.41) is 51.8. The van der Waals surface area contributed by atoms with Crippen LogP contribution in [0.15, 0.2) is 11.6 Å². The number of unbranched alkanes of at least 4 members (excludes halogenated alkanes) is 12. The van der Waals surface area contributed by atoms with Gasteiger partial charge in [-0.05, 0) is 90.0 Å². The molecule has 5 N–H and O–H groups in total. The van der Waals surface area contributed by atoms with Crippen molar-refractivity contribution < 1.29 is 63.5 Å². The van der Waals surface area contributed by atoms with E-state index in [1.807, 2.05) is 13.0 Å². The van der Waals surface area contributed by atoms with E-state index in [0.29, 0.717) is 25.7 Å². The molecule has 0 amide bonds. The number of hydrogen-bond donors (Lipinski definition) is 5. The molecule has 0 unspecified atom stereocenters. The van der Waals surface area contributed by atoms with Crippen LogP contribution < -0.4 is 0 Å². The SMILES string of the molecule is CCCCCC[C@H](O)CCC[C@H](O[C@@H]1O[C@H](CO)[C@@H](O)[C@H](O)[C@H]1O)[C@H]1CC[C@H]([C@H]2CC[C@H]([C@@H](CCCCCCCCCCCCC3=C[C@H](C)OC3=O)OC(C)=O)O2)O1. The molecule has 4 aliphatic heterocycles. The van der Waals surface area contributed by atoms with Gasteiger partial charge in [0.05, 0.1) is 43.2 Å². The first-order valence-corrected chi connectivity index (χ1v) is 23.0. The largest absolute Gasteiger partial charge is 0.460 e. The second-order valence-electron chi connectivity index (χ2n) is 17.4. The summed E-state index contributed by atoms with van der Waals surface area (Å²) in [4.78, 5) is 23.8. The number of aliphatic hydroxyl groups is 5. The summed E-state index contributed by atoms with van der Waals surface area (Å²) in [6.45, 7) is 4.96. The summed E-state index contributed by atoms with van der Waals surface area (Å²) in [7, 11) is 0. The van der Waals surface area contributed by atoms with Crippen LogP contribution in [0.1, 0.15) is 175 Å². The van der Waals surface area contributed by atoms with Crippen LogP contribution in [0.25, 0.3) is 0 Å². The van der Waals surface area contributed by atoms with E-state index >= 15 is 0 Å².